The van der Waals surface area contributed by atoms with Gasteiger partial charge in [-0.05, 0) is 5.92 Å². The minimum Gasteiger partial charge on any atom is -0.467 e. The average molecular weight is 292 g/mol. The normalized spacial score (nSPS) is 13.2. The zero-order chi connectivity index (χ0) is 15.5. The summed E-state index contributed by atoms with van der Waals surface area (Å²) in [6.07, 6.45) is -4.65. The second-order valence-corrected chi connectivity index (χ2v) is 4.38. The average Bonchev–Trinajstić information content (AvgIpc) is 2.33. The van der Waals surface area contributed by atoms with Gasteiger partial charge in [-0.1, -0.05) is 13.8 Å². The predicted octanol–water partition coefficient (Wildman–Crippen LogP) is 1.69. The molecule has 3 N–H and O–H groups in total. The molecule has 0 spiro atoms. The van der Waals surface area contributed by atoms with E-state index in [0.717, 1.165) is 0 Å². The van der Waals surface area contributed by atoms with Crippen LogP contribution in [0.5, 0.6) is 0 Å². The van der Waals surface area contributed by atoms with Crippen LogP contribution >= 0.6 is 0 Å². The van der Waals surface area contributed by atoms with Gasteiger partial charge in [0.05, 0.1) is 7.11 Å². The molecule has 0 aromatic carbocycles. The summed E-state index contributed by atoms with van der Waals surface area (Å²) in [5, 5.41) is 2.58. The molecule has 0 aliphatic carbocycles. The first kappa shape index (κ1) is 16.0. The van der Waals surface area contributed by atoms with Gasteiger partial charge in [0, 0.05) is 6.07 Å². The maximum absolute atomic E-state index is 12.6. The van der Waals surface area contributed by atoms with Crippen LogP contribution in [0, 0.1) is 5.92 Å². The van der Waals surface area contributed by atoms with E-state index in [9.17, 15) is 18.0 Å². The van der Waals surface area contributed by atoms with Crippen molar-refractivity contribution in [3.05, 3.63) is 11.8 Å². The molecule has 0 amide bonds. The van der Waals surface area contributed by atoms with Crippen molar-refractivity contribution < 1.29 is 22.7 Å². The number of nitrogens with two attached hydrogens (primary N) is 1. The fourth-order valence-electron chi connectivity index (χ4n) is 1.47. The Balaban J connectivity index is 3.07. The van der Waals surface area contributed by atoms with Crippen LogP contribution in [0.1, 0.15) is 19.5 Å². The summed E-state index contributed by atoms with van der Waals surface area (Å²) in [6, 6.07) is -0.148. The summed E-state index contributed by atoms with van der Waals surface area (Å²) in [4.78, 5) is 18.3. The highest BCUT2D eigenvalue weighted by molar-refractivity contribution is 5.79. The van der Waals surface area contributed by atoms with Crippen molar-refractivity contribution in [3.8, 4) is 0 Å². The third-order valence-corrected chi connectivity index (χ3v) is 2.46. The number of carbonyl (C=O) groups is 1. The van der Waals surface area contributed by atoms with Crippen molar-refractivity contribution in [2.24, 2.45) is 5.92 Å². The Kier molecular flexibility index (Phi) is 4.74. The highest BCUT2D eigenvalue weighted by Gasteiger charge is 2.34. The Bertz CT molecular complexity index is 491. The standard InChI is InChI=1S/C11H15F3N4O2/c1-5(2)8(9(19)20-3)17-7-4-6(11(12,13)14)16-10(15)18-7/h4-5,8H,1-3H3,(H3,15,16,17,18). The Morgan fingerprint density at radius 1 is 1.40 bits per heavy atom. The number of ether oxygens (including phenoxy) is 1. The van der Waals surface area contributed by atoms with Crippen molar-refractivity contribution in [2.45, 2.75) is 26.1 Å². The minimum atomic E-state index is -4.65. The van der Waals surface area contributed by atoms with Crippen LogP contribution in [0.25, 0.3) is 0 Å². The van der Waals surface area contributed by atoms with Crippen LogP contribution in [0.4, 0.5) is 24.9 Å². The summed E-state index contributed by atoms with van der Waals surface area (Å²) >= 11 is 0. The largest absolute Gasteiger partial charge is 0.467 e. The number of rotatable bonds is 4. The molecule has 20 heavy (non-hydrogen) atoms. The molecule has 0 aliphatic rings. The minimum absolute atomic E-state index is 0.186. The summed E-state index contributed by atoms with van der Waals surface area (Å²) in [7, 11) is 1.19. The number of nitrogen functional groups attached to an aromatic ring is 1. The number of aromatic nitrogens is 2. The number of alkyl halides is 3. The number of esters is 1. The van der Waals surface area contributed by atoms with E-state index in [2.05, 4.69) is 20.0 Å². The quantitative estimate of drug-likeness (QED) is 0.821. The maximum Gasteiger partial charge on any atom is 0.433 e. The number of nitrogens with zero attached hydrogens (tertiary/aromatic N) is 2. The summed E-state index contributed by atoms with van der Waals surface area (Å²) in [5.74, 6) is -1.54. The van der Waals surface area contributed by atoms with Crippen LogP contribution in [-0.4, -0.2) is 29.1 Å². The lowest BCUT2D eigenvalue weighted by atomic mass is 10.0. The van der Waals surface area contributed by atoms with Crippen LogP contribution in [0.2, 0.25) is 0 Å². The van der Waals surface area contributed by atoms with Gasteiger partial charge in [-0.2, -0.15) is 18.2 Å². The lowest BCUT2D eigenvalue weighted by Crippen LogP contribution is -2.36. The van der Waals surface area contributed by atoms with E-state index in [1.165, 1.54) is 7.11 Å². The molecule has 112 valence electrons. The Morgan fingerprint density at radius 2 is 2.00 bits per heavy atom. The highest BCUT2D eigenvalue weighted by atomic mass is 19.4. The Morgan fingerprint density at radius 3 is 2.45 bits per heavy atom. The Labute approximate surface area is 113 Å². The third-order valence-electron chi connectivity index (χ3n) is 2.46. The van der Waals surface area contributed by atoms with E-state index in [1.807, 2.05) is 0 Å². The molecule has 0 bridgehead atoms. The van der Waals surface area contributed by atoms with Crippen molar-refractivity contribution >= 4 is 17.7 Å². The molecule has 0 aliphatic heterocycles. The molecule has 1 unspecified atom stereocenters. The van der Waals surface area contributed by atoms with Crippen LogP contribution < -0.4 is 11.1 Å². The third kappa shape index (κ3) is 3.97. The van der Waals surface area contributed by atoms with Crippen molar-refractivity contribution in [1.82, 2.24) is 9.97 Å². The Hall–Kier alpha value is -2.06. The van der Waals surface area contributed by atoms with Crippen LogP contribution in [0.15, 0.2) is 6.07 Å². The summed E-state index contributed by atoms with van der Waals surface area (Å²) in [6.45, 7) is 3.42. The van der Waals surface area contributed by atoms with Gasteiger partial charge in [0.25, 0.3) is 0 Å². The zero-order valence-corrected chi connectivity index (χ0v) is 11.2. The second-order valence-electron chi connectivity index (χ2n) is 4.38. The van der Waals surface area contributed by atoms with Crippen molar-refractivity contribution in [2.75, 3.05) is 18.2 Å². The fraction of sp³-hybridized carbons (Fsp3) is 0.545. The first-order valence-electron chi connectivity index (χ1n) is 5.71. The van der Waals surface area contributed by atoms with Gasteiger partial charge < -0.3 is 15.8 Å². The van der Waals surface area contributed by atoms with Crippen LogP contribution in [0.3, 0.4) is 0 Å². The molecule has 1 atom stereocenters. The molecular formula is C11H15F3N4O2. The number of methoxy groups -OCH3 is 1. The topological polar surface area (TPSA) is 90.1 Å². The summed E-state index contributed by atoms with van der Waals surface area (Å²) < 4.78 is 42.4. The van der Waals surface area contributed by atoms with Gasteiger partial charge in [-0.15, -0.1) is 0 Å². The fourth-order valence-corrected chi connectivity index (χ4v) is 1.47. The molecule has 0 radical (unpaired) electrons. The number of nitrogens with one attached hydrogen (secondary N) is 1. The molecule has 0 fully saturated rings. The van der Waals surface area contributed by atoms with Gasteiger partial charge in [0.1, 0.15) is 11.9 Å². The smallest absolute Gasteiger partial charge is 0.433 e. The SMILES string of the molecule is COC(=O)C(Nc1cc(C(F)(F)F)nc(N)n1)C(C)C. The lowest BCUT2D eigenvalue weighted by Gasteiger charge is -2.20. The molecular weight excluding hydrogens is 277 g/mol. The van der Waals surface area contributed by atoms with E-state index < -0.39 is 29.8 Å². The number of anilines is 2. The van der Waals surface area contributed by atoms with E-state index in [4.69, 9.17) is 5.73 Å². The van der Waals surface area contributed by atoms with Crippen LogP contribution in [-0.2, 0) is 15.7 Å². The molecule has 6 nitrogen and oxygen atoms in total. The predicted molar refractivity (Wildman–Crippen MR) is 65.7 cm³/mol. The first-order chi connectivity index (χ1) is 9.15. The zero-order valence-electron chi connectivity index (χ0n) is 11.2. The lowest BCUT2D eigenvalue weighted by molar-refractivity contribution is -0.142. The van der Waals surface area contributed by atoms with Crippen molar-refractivity contribution in [1.29, 1.82) is 0 Å². The van der Waals surface area contributed by atoms with Gasteiger partial charge >= 0.3 is 12.1 Å². The molecule has 1 aromatic heterocycles. The monoisotopic (exact) mass is 292 g/mol. The second kappa shape index (κ2) is 5.93. The van der Waals surface area contributed by atoms with Gasteiger partial charge in [-0.25, -0.2) is 9.78 Å². The van der Waals surface area contributed by atoms with E-state index in [0.29, 0.717) is 6.07 Å². The molecule has 1 rings (SSSR count). The molecule has 1 aromatic rings. The van der Waals surface area contributed by atoms with Gasteiger partial charge in [0.15, 0.2) is 5.69 Å². The van der Waals surface area contributed by atoms with Gasteiger partial charge in [-0.3, -0.25) is 0 Å². The molecule has 0 saturated carbocycles. The van der Waals surface area contributed by atoms with E-state index >= 15 is 0 Å². The number of hydrogen-bond donors (Lipinski definition) is 2. The molecule has 1 heterocycles. The van der Waals surface area contributed by atoms with E-state index in [-0.39, 0.29) is 11.7 Å². The number of halogens is 3. The molecule has 0 saturated heterocycles. The number of carbonyl (C=O) groups excluding carboxylic acids is 1. The van der Waals surface area contributed by atoms with E-state index in [1.54, 1.807) is 13.8 Å². The maximum atomic E-state index is 12.6. The highest BCUT2D eigenvalue weighted by Crippen LogP contribution is 2.29. The first-order valence-corrected chi connectivity index (χ1v) is 5.71. The summed E-state index contributed by atoms with van der Waals surface area (Å²) in [5.41, 5.74) is 4.06. The molecule has 9 heteroatoms. The number of hydrogen-bond acceptors (Lipinski definition) is 6. The van der Waals surface area contributed by atoms with Crippen molar-refractivity contribution in [3.63, 3.8) is 0 Å². The van der Waals surface area contributed by atoms with Gasteiger partial charge in [0.2, 0.25) is 5.95 Å².